The van der Waals surface area contributed by atoms with Crippen molar-refractivity contribution in [2.24, 2.45) is 0 Å². The fourth-order valence-corrected chi connectivity index (χ4v) is 4.06. The molecule has 1 aliphatic rings. The van der Waals surface area contributed by atoms with Crippen molar-refractivity contribution in [1.29, 1.82) is 0 Å². The molecule has 0 bridgehead atoms. The number of benzene rings is 1. The number of aromatic nitrogens is 1. The molecule has 8 nitrogen and oxygen atoms in total. The molecule has 1 N–H and O–H groups in total. The van der Waals surface area contributed by atoms with Gasteiger partial charge < -0.3 is 18.8 Å². The second kappa shape index (κ2) is 7.71. The zero-order chi connectivity index (χ0) is 22.3. The maximum Gasteiger partial charge on any atom is 0.496 e. The highest BCUT2D eigenvalue weighted by Gasteiger charge is 2.52. The summed E-state index contributed by atoms with van der Waals surface area (Å²) < 4.78 is 64.7. The van der Waals surface area contributed by atoms with E-state index < -0.39 is 34.2 Å². The number of sulfonamides is 1. The first kappa shape index (κ1) is 22.3. The van der Waals surface area contributed by atoms with Crippen LogP contribution in [0.15, 0.2) is 35.4 Å². The minimum atomic E-state index is -4.26. The number of methoxy groups -OCH3 is 2. The van der Waals surface area contributed by atoms with Gasteiger partial charge in [-0.15, -0.1) is 0 Å². The molecule has 0 amide bonds. The summed E-state index contributed by atoms with van der Waals surface area (Å²) in [6.07, 6.45) is 1.42. The smallest absolute Gasteiger partial charge is 0.494 e. The predicted molar refractivity (Wildman–Crippen MR) is 110 cm³/mol. The van der Waals surface area contributed by atoms with Crippen molar-refractivity contribution in [2.45, 2.75) is 43.8 Å². The van der Waals surface area contributed by atoms with E-state index in [9.17, 15) is 12.8 Å². The van der Waals surface area contributed by atoms with Gasteiger partial charge in [0.1, 0.15) is 4.90 Å². The van der Waals surface area contributed by atoms with Gasteiger partial charge in [-0.1, -0.05) is 6.07 Å². The number of halogens is 1. The van der Waals surface area contributed by atoms with Crippen molar-refractivity contribution in [2.75, 3.05) is 18.9 Å². The first-order chi connectivity index (χ1) is 13.9. The number of hydrogen-bond donors (Lipinski definition) is 1. The van der Waals surface area contributed by atoms with Crippen LogP contribution >= 0.6 is 0 Å². The first-order valence-corrected chi connectivity index (χ1v) is 10.6. The van der Waals surface area contributed by atoms with Crippen LogP contribution < -0.4 is 19.7 Å². The monoisotopic (exact) mass is 438 g/mol. The molecular weight excluding hydrogens is 414 g/mol. The molecule has 162 valence electrons. The van der Waals surface area contributed by atoms with Gasteiger partial charge >= 0.3 is 7.12 Å². The highest BCUT2D eigenvalue weighted by atomic mass is 32.2. The molecule has 1 aromatic carbocycles. The van der Waals surface area contributed by atoms with Gasteiger partial charge in [-0.3, -0.25) is 4.72 Å². The van der Waals surface area contributed by atoms with Gasteiger partial charge in [0.25, 0.3) is 10.0 Å². The third-order valence-corrected chi connectivity index (χ3v) is 6.64. The topological polar surface area (TPSA) is 96.0 Å². The summed E-state index contributed by atoms with van der Waals surface area (Å²) in [5.41, 5.74) is -1.10. The molecule has 0 radical (unpaired) electrons. The molecule has 0 atom stereocenters. The molecule has 2 aromatic rings. The van der Waals surface area contributed by atoms with Crippen molar-refractivity contribution in [1.82, 2.24) is 4.98 Å². The molecule has 3 rings (SSSR count). The number of anilines is 1. The molecule has 1 saturated heterocycles. The average Bonchev–Trinajstić information content (AvgIpc) is 2.90. The minimum Gasteiger partial charge on any atom is -0.494 e. The van der Waals surface area contributed by atoms with Crippen molar-refractivity contribution in [3.8, 4) is 11.6 Å². The average molecular weight is 438 g/mol. The van der Waals surface area contributed by atoms with Crippen LogP contribution in [0.25, 0.3) is 0 Å². The highest BCUT2D eigenvalue weighted by molar-refractivity contribution is 7.92. The van der Waals surface area contributed by atoms with Gasteiger partial charge in [0.15, 0.2) is 11.6 Å². The molecule has 1 aliphatic heterocycles. The van der Waals surface area contributed by atoms with Gasteiger partial charge in [0, 0.05) is 11.7 Å². The van der Waals surface area contributed by atoms with E-state index in [1.165, 1.54) is 44.7 Å². The van der Waals surface area contributed by atoms with Crippen molar-refractivity contribution >= 4 is 28.3 Å². The summed E-state index contributed by atoms with van der Waals surface area (Å²) in [5, 5.41) is 0. The van der Waals surface area contributed by atoms with Gasteiger partial charge in [-0.05, 0) is 45.9 Å². The zero-order valence-electron chi connectivity index (χ0n) is 17.6. The normalized spacial score (nSPS) is 17.6. The lowest BCUT2D eigenvalue weighted by molar-refractivity contribution is 0.00578. The van der Waals surface area contributed by atoms with Crippen LogP contribution in [0.4, 0.5) is 10.1 Å². The Balaban J connectivity index is 2.00. The summed E-state index contributed by atoms with van der Waals surface area (Å²) in [5.74, 6) is -1.07. The van der Waals surface area contributed by atoms with E-state index >= 15 is 0 Å². The van der Waals surface area contributed by atoms with Gasteiger partial charge in [-0.25, -0.2) is 17.8 Å². The molecule has 11 heteroatoms. The predicted octanol–water partition coefficient (Wildman–Crippen LogP) is 2.34. The molecular formula is C19H24BFN2O6S. The van der Waals surface area contributed by atoms with Crippen LogP contribution in [0.2, 0.25) is 0 Å². The Morgan fingerprint density at radius 3 is 2.30 bits per heavy atom. The lowest BCUT2D eigenvalue weighted by Gasteiger charge is -2.32. The van der Waals surface area contributed by atoms with E-state index in [4.69, 9.17) is 18.8 Å². The van der Waals surface area contributed by atoms with E-state index in [2.05, 4.69) is 9.71 Å². The fraction of sp³-hybridized carbons (Fsp3) is 0.421. The van der Waals surface area contributed by atoms with Crippen LogP contribution in [0.3, 0.4) is 0 Å². The maximum atomic E-state index is 14.5. The molecule has 0 unspecified atom stereocenters. The lowest BCUT2D eigenvalue weighted by Crippen LogP contribution is -2.41. The highest BCUT2D eigenvalue weighted by Crippen LogP contribution is 2.37. The Labute approximate surface area is 175 Å². The largest absolute Gasteiger partial charge is 0.496 e. The Kier molecular flexibility index (Phi) is 5.74. The summed E-state index contributed by atoms with van der Waals surface area (Å²) in [6, 6.07) is 5.48. The van der Waals surface area contributed by atoms with Crippen molar-refractivity contribution in [3.63, 3.8) is 0 Å². The quantitative estimate of drug-likeness (QED) is 0.692. The fourth-order valence-electron chi connectivity index (χ4n) is 2.85. The Bertz CT molecular complexity index is 1040. The molecule has 1 aromatic heterocycles. The number of ether oxygens (including phenoxy) is 2. The summed E-state index contributed by atoms with van der Waals surface area (Å²) in [6.45, 7) is 7.53. The SMILES string of the molecule is COc1cccc(NS(=O)(=O)c2cc(B3OC(C)(C)C(C)(C)O3)cnc2OC)c1F. The first-order valence-electron chi connectivity index (χ1n) is 9.17. The van der Waals surface area contributed by atoms with Gasteiger partial charge in [0.2, 0.25) is 5.88 Å². The number of hydrogen-bond acceptors (Lipinski definition) is 7. The molecule has 0 spiro atoms. The summed E-state index contributed by atoms with van der Waals surface area (Å²) in [7, 11) is -2.50. The summed E-state index contributed by atoms with van der Waals surface area (Å²) >= 11 is 0. The van der Waals surface area contributed by atoms with E-state index in [1.54, 1.807) is 0 Å². The molecule has 0 aliphatic carbocycles. The third kappa shape index (κ3) is 3.97. The molecule has 2 heterocycles. The minimum absolute atomic E-state index is 0.0914. The van der Waals surface area contributed by atoms with E-state index in [1.807, 2.05) is 27.7 Å². The second-order valence-corrected chi connectivity index (χ2v) is 9.44. The number of pyridine rings is 1. The van der Waals surface area contributed by atoms with Crippen LogP contribution in [0.1, 0.15) is 27.7 Å². The van der Waals surface area contributed by atoms with Crippen molar-refractivity contribution < 1.29 is 31.6 Å². The maximum absolute atomic E-state index is 14.5. The van der Waals surface area contributed by atoms with Crippen LogP contribution in [0, 0.1) is 5.82 Å². The Morgan fingerprint density at radius 2 is 1.73 bits per heavy atom. The van der Waals surface area contributed by atoms with Crippen LogP contribution in [-0.2, 0) is 19.3 Å². The van der Waals surface area contributed by atoms with E-state index in [-0.39, 0.29) is 22.2 Å². The standard InChI is InChI=1S/C19H24BFN2O6S/c1-18(2)19(3,4)29-20(28-18)12-10-15(17(27-6)22-11-12)30(24,25)23-13-8-7-9-14(26-5)16(13)21/h7-11,23H,1-6H3. The van der Waals surface area contributed by atoms with E-state index in [0.717, 1.165) is 0 Å². The summed E-state index contributed by atoms with van der Waals surface area (Å²) in [4.78, 5) is 3.80. The molecule has 30 heavy (non-hydrogen) atoms. The number of nitrogens with zero attached hydrogens (tertiary/aromatic N) is 1. The van der Waals surface area contributed by atoms with Crippen molar-refractivity contribution in [3.05, 3.63) is 36.3 Å². The van der Waals surface area contributed by atoms with Crippen LogP contribution in [0.5, 0.6) is 11.6 Å². The number of nitrogens with one attached hydrogen (secondary N) is 1. The molecule has 0 saturated carbocycles. The van der Waals surface area contributed by atoms with Crippen LogP contribution in [-0.4, -0.2) is 45.9 Å². The van der Waals surface area contributed by atoms with Gasteiger partial charge in [0.05, 0.1) is 31.1 Å². The zero-order valence-corrected chi connectivity index (χ0v) is 18.5. The third-order valence-electron chi connectivity index (χ3n) is 5.28. The Hall–Kier alpha value is -2.37. The number of rotatable bonds is 6. The Morgan fingerprint density at radius 1 is 1.10 bits per heavy atom. The second-order valence-electron chi connectivity index (χ2n) is 7.79. The molecule has 1 fully saturated rings. The lowest BCUT2D eigenvalue weighted by atomic mass is 9.80. The van der Waals surface area contributed by atoms with Gasteiger partial charge in [-0.2, -0.15) is 0 Å². The van der Waals surface area contributed by atoms with E-state index in [0.29, 0.717) is 5.46 Å².